The molecule has 0 aliphatic carbocycles. The van der Waals surface area contributed by atoms with Gasteiger partial charge in [0.1, 0.15) is 6.61 Å². The topological polar surface area (TPSA) is 80.8 Å². The van der Waals surface area contributed by atoms with Crippen molar-refractivity contribution >= 4 is 29.3 Å². The first-order valence-electron chi connectivity index (χ1n) is 7.91. The zero-order valence-corrected chi connectivity index (χ0v) is 14.0. The van der Waals surface area contributed by atoms with Crippen LogP contribution < -0.4 is 0 Å². The normalized spacial score (nSPS) is 13.3. The Labute approximate surface area is 149 Å². The number of imide groups is 3. The summed E-state index contributed by atoms with van der Waals surface area (Å²) in [6, 6.07) is 16.5. The summed E-state index contributed by atoms with van der Waals surface area (Å²) in [7, 11) is 0. The van der Waals surface area contributed by atoms with Gasteiger partial charge in [-0.3, -0.25) is 14.4 Å². The maximum Gasteiger partial charge on any atom is 0.339 e. The van der Waals surface area contributed by atoms with Crippen LogP contribution >= 0.6 is 0 Å². The number of hydrogen-bond acceptors (Lipinski definition) is 5. The van der Waals surface area contributed by atoms with E-state index in [-0.39, 0.29) is 23.3 Å². The van der Waals surface area contributed by atoms with Gasteiger partial charge in [-0.1, -0.05) is 48.5 Å². The Hall–Kier alpha value is -3.54. The SMILES string of the molecule is CC(=O)N(C(=O)C1=C(c2ccccc2)C(=O)OC1)C(=O)c1ccccc1. The molecule has 2 aromatic carbocycles. The maximum absolute atomic E-state index is 12.9. The molecule has 6 heteroatoms. The van der Waals surface area contributed by atoms with Crippen molar-refractivity contribution in [2.45, 2.75) is 6.92 Å². The summed E-state index contributed by atoms with van der Waals surface area (Å²) < 4.78 is 4.99. The van der Waals surface area contributed by atoms with Gasteiger partial charge in [0.2, 0.25) is 5.91 Å². The van der Waals surface area contributed by atoms with E-state index in [1.54, 1.807) is 48.5 Å². The highest BCUT2D eigenvalue weighted by atomic mass is 16.5. The molecule has 3 amide bonds. The Balaban J connectivity index is 2.04. The molecule has 0 saturated carbocycles. The van der Waals surface area contributed by atoms with Crippen molar-refractivity contribution in [1.82, 2.24) is 4.90 Å². The van der Waals surface area contributed by atoms with Crippen LogP contribution in [0, 0.1) is 0 Å². The lowest BCUT2D eigenvalue weighted by molar-refractivity contribution is -0.137. The average Bonchev–Trinajstić information content (AvgIpc) is 3.04. The second-order valence-electron chi connectivity index (χ2n) is 5.63. The molecule has 0 fully saturated rings. The van der Waals surface area contributed by atoms with Crippen molar-refractivity contribution in [2.24, 2.45) is 0 Å². The molecule has 0 unspecified atom stereocenters. The predicted molar refractivity (Wildman–Crippen MR) is 92.6 cm³/mol. The van der Waals surface area contributed by atoms with Crippen molar-refractivity contribution in [3.05, 3.63) is 77.4 Å². The Morgan fingerprint density at radius 3 is 2.04 bits per heavy atom. The van der Waals surface area contributed by atoms with E-state index in [1.165, 1.54) is 12.1 Å². The summed E-state index contributed by atoms with van der Waals surface area (Å²) in [5.41, 5.74) is 0.751. The predicted octanol–water partition coefficient (Wildman–Crippen LogP) is 2.21. The van der Waals surface area contributed by atoms with E-state index in [2.05, 4.69) is 0 Å². The molecule has 0 saturated heterocycles. The second kappa shape index (κ2) is 7.14. The minimum atomic E-state index is -0.851. The lowest BCUT2D eigenvalue weighted by atomic mass is 10.0. The molecular weight excluding hydrogens is 334 g/mol. The Bertz CT molecular complexity index is 916. The highest BCUT2D eigenvalue weighted by molar-refractivity contribution is 6.30. The fourth-order valence-corrected chi connectivity index (χ4v) is 2.69. The number of carbonyl (C=O) groups is 4. The third-order valence-electron chi connectivity index (χ3n) is 3.92. The monoisotopic (exact) mass is 349 g/mol. The quantitative estimate of drug-likeness (QED) is 0.627. The molecule has 0 spiro atoms. The average molecular weight is 349 g/mol. The van der Waals surface area contributed by atoms with Crippen LogP contribution in [0.25, 0.3) is 5.57 Å². The van der Waals surface area contributed by atoms with Gasteiger partial charge in [0, 0.05) is 12.5 Å². The van der Waals surface area contributed by atoms with Gasteiger partial charge >= 0.3 is 5.97 Å². The molecule has 0 bridgehead atoms. The zero-order chi connectivity index (χ0) is 18.7. The van der Waals surface area contributed by atoms with Crippen LogP contribution in [0.3, 0.4) is 0 Å². The van der Waals surface area contributed by atoms with Crippen LogP contribution in [-0.4, -0.2) is 35.2 Å². The number of benzene rings is 2. The largest absolute Gasteiger partial charge is 0.457 e. The number of amides is 3. The van der Waals surface area contributed by atoms with Crippen molar-refractivity contribution in [1.29, 1.82) is 0 Å². The number of rotatable bonds is 3. The zero-order valence-electron chi connectivity index (χ0n) is 14.0. The molecule has 0 aromatic heterocycles. The smallest absolute Gasteiger partial charge is 0.339 e. The van der Waals surface area contributed by atoms with Crippen LogP contribution in [-0.2, 0) is 19.1 Å². The molecule has 0 radical (unpaired) electrons. The maximum atomic E-state index is 12.9. The number of esters is 1. The first-order chi connectivity index (χ1) is 12.5. The molecule has 0 atom stereocenters. The third kappa shape index (κ3) is 3.17. The molecular formula is C20H15NO5. The first kappa shape index (κ1) is 17.3. The van der Waals surface area contributed by atoms with Gasteiger partial charge in [-0.05, 0) is 17.7 Å². The van der Waals surface area contributed by atoms with Gasteiger partial charge in [-0.2, -0.15) is 0 Å². The number of carbonyl (C=O) groups excluding carboxylic acids is 4. The van der Waals surface area contributed by atoms with Gasteiger partial charge in [0.15, 0.2) is 0 Å². The highest BCUT2D eigenvalue weighted by Crippen LogP contribution is 2.28. The first-order valence-corrected chi connectivity index (χ1v) is 7.91. The number of cyclic esters (lactones) is 1. The standard InChI is InChI=1S/C20H15NO5/c1-13(22)21(18(23)15-10-6-3-7-11-15)19(24)16-12-26-20(25)17(16)14-8-4-2-5-9-14/h2-11H,12H2,1H3. The minimum absolute atomic E-state index is 0.0133. The van der Waals surface area contributed by atoms with Crippen molar-refractivity contribution in [2.75, 3.05) is 6.61 Å². The highest BCUT2D eigenvalue weighted by Gasteiger charge is 2.37. The van der Waals surface area contributed by atoms with Gasteiger partial charge in [-0.15, -0.1) is 0 Å². The van der Waals surface area contributed by atoms with E-state index in [4.69, 9.17) is 4.74 Å². The van der Waals surface area contributed by atoms with E-state index in [0.29, 0.717) is 10.5 Å². The van der Waals surface area contributed by atoms with Gasteiger partial charge in [0.25, 0.3) is 11.8 Å². The Morgan fingerprint density at radius 1 is 0.885 bits per heavy atom. The lowest BCUT2D eigenvalue weighted by Gasteiger charge is -2.18. The van der Waals surface area contributed by atoms with Crippen LogP contribution in [0.5, 0.6) is 0 Å². The van der Waals surface area contributed by atoms with Crippen LogP contribution in [0.2, 0.25) is 0 Å². The van der Waals surface area contributed by atoms with Gasteiger partial charge < -0.3 is 4.74 Å². The van der Waals surface area contributed by atoms with Crippen molar-refractivity contribution in [3.8, 4) is 0 Å². The Kier molecular flexibility index (Phi) is 4.75. The number of nitrogens with zero attached hydrogens (tertiary/aromatic N) is 1. The summed E-state index contributed by atoms with van der Waals surface area (Å²) in [6.07, 6.45) is 0. The molecule has 1 heterocycles. The number of hydrogen-bond donors (Lipinski definition) is 0. The van der Waals surface area contributed by atoms with Crippen LogP contribution in [0.15, 0.2) is 66.2 Å². The molecule has 6 nitrogen and oxygen atoms in total. The summed E-state index contributed by atoms with van der Waals surface area (Å²) >= 11 is 0. The molecule has 1 aliphatic rings. The molecule has 1 aliphatic heterocycles. The number of ether oxygens (including phenoxy) is 1. The van der Waals surface area contributed by atoms with Crippen LogP contribution in [0.1, 0.15) is 22.8 Å². The van der Waals surface area contributed by atoms with Crippen molar-refractivity contribution in [3.63, 3.8) is 0 Å². The van der Waals surface area contributed by atoms with E-state index < -0.39 is 23.7 Å². The van der Waals surface area contributed by atoms with E-state index in [1.807, 2.05) is 0 Å². The van der Waals surface area contributed by atoms with Crippen molar-refractivity contribution < 1.29 is 23.9 Å². The fourth-order valence-electron chi connectivity index (χ4n) is 2.69. The molecule has 0 N–H and O–H groups in total. The summed E-state index contributed by atoms with van der Waals surface area (Å²) in [5, 5.41) is 0. The van der Waals surface area contributed by atoms with Crippen LogP contribution in [0.4, 0.5) is 0 Å². The third-order valence-corrected chi connectivity index (χ3v) is 3.92. The van der Waals surface area contributed by atoms with E-state index in [9.17, 15) is 19.2 Å². The van der Waals surface area contributed by atoms with Gasteiger partial charge in [-0.25, -0.2) is 9.69 Å². The fraction of sp³-hybridized carbons (Fsp3) is 0.100. The molecule has 2 aromatic rings. The summed E-state index contributed by atoms with van der Waals surface area (Å²) in [5.74, 6) is -2.99. The summed E-state index contributed by atoms with van der Waals surface area (Å²) in [6.45, 7) is 0.840. The second-order valence-corrected chi connectivity index (χ2v) is 5.63. The lowest BCUT2D eigenvalue weighted by Crippen LogP contribution is -2.41. The molecule has 130 valence electrons. The van der Waals surface area contributed by atoms with Gasteiger partial charge in [0.05, 0.1) is 11.1 Å². The molecule has 26 heavy (non-hydrogen) atoms. The molecule has 3 rings (SSSR count). The minimum Gasteiger partial charge on any atom is -0.457 e. The Morgan fingerprint density at radius 2 is 1.46 bits per heavy atom. The van der Waals surface area contributed by atoms with E-state index >= 15 is 0 Å². The summed E-state index contributed by atoms with van der Waals surface area (Å²) in [4.78, 5) is 50.2. The van der Waals surface area contributed by atoms with E-state index in [0.717, 1.165) is 6.92 Å².